The molecule has 8 heteroatoms. The van der Waals surface area contributed by atoms with E-state index in [0.29, 0.717) is 22.1 Å². The van der Waals surface area contributed by atoms with E-state index in [2.05, 4.69) is 15.2 Å². The van der Waals surface area contributed by atoms with Crippen molar-refractivity contribution < 1.29 is 14.3 Å². The third kappa shape index (κ3) is 4.40. The number of rotatable bonds is 7. The Bertz CT molecular complexity index is 957. The number of benzene rings is 1. The Morgan fingerprint density at radius 3 is 2.70 bits per heavy atom. The maximum Gasteiger partial charge on any atom is 0.338 e. The number of Topliss-reactive ketones (excluding diaryl/α,β-unsaturated/α-hetero) is 1. The highest BCUT2D eigenvalue weighted by Crippen LogP contribution is 2.22. The van der Waals surface area contributed by atoms with Crippen LogP contribution in [0.25, 0.3) is 11.4 Å². The van der Waals surface area contributed by atoms with E-state index in [9.17, 15) is 9.59 Å². The van der Waals surface area contributed by atoms with Crippen LogP contribution in [0.3, 0.4) is 0 Å². The average Bonchev–Trinajstić information content (AvgIpc) is 3.07. The van der Waals surface area contributed by atoms with Gasteiger partial charge >= 0.3 is 5.97 Å². The number of methoxy groups -OCH3 is 1. The fourth-order valence-electron chi connectivity index (χ4n) is 2.58. The van der Waals surface area contributed by atoms with Crippen LogP contribution in [0.1, 0.15) is 15.9 Å². The molecule has 7 nitrogen and oxygen atoms in total. The molecule has 0 N–H and O–H groups in total. The quantitative estimate of drug-likeness (QED) is 0.458. The minimum Gasteiger partial charge on any atom is -0.465 e. The summed E-state index contributed by atoms with van der Waals surface area (Å²) in [6.07, 6.45) is 3.57. The number of esters is 1. The van der Waals surface area contributed by atoms with Crippen LogP contribution in [-0.4, -0.2) is 44.4 Å². The maximum absolute atomic E-state index is 12.4. The summed E-state index contributed by atoms with van der Waals surface area (Å²) < 4.78 is 6.60. The minimum atomic E-state index is -0.444. The van der Waals surface area contributed by atoms with Crippen LogP contribution < -0.4 is 0 Å². The Morgan fingerprint density at radius 2 is 1.96 bits per heavy atom. The number of ketones is 1. The molecular weight excluding hydrogens is 364 g/mol. The standard InChI is InChI=1S/C19H18N4O3S/c1-23-17(14-7-5-9-20-11-14)21-22-19(23)27-12-15(24)10-13-6-3-4-8-16(13)18(25)26-2/h3-9,11H,10,12H2,1-2H3. The zero-order valence-electron chi connectivity index (χ0n) is 15.0. The van der Waals surface area contributed by atoms with E-state index < -0.39 is 5.97 Å². The van der Waals surface area contributed by atoms with Crippen molar-refractivity contribution in [3.05, 3.63) is 59.9 Å². The van der Waals surface area contributed by atoms with Crippen LogP contribution in [-0.2, 0) is 23.0 Å². The first-order chi connectivity index (χ1) is 13.1. The van der Waals surface area contributed by atoms with Gasteiger partial charge in [-0.15, -0.1) is 10.2 Å². The van der Waals surface area contributed by atoms with E-state index >= 15 is 0 Å². The molecule has 0 bridgehead atoms. The SMILES string of the molecule is COC(=O)c1ccccc1CC(=O)CSc1nnc(-c2cccnc2)n1C. The molecule has 2 aromatic heterocycles. The van der Waals surface area contributed by atoms with Crippen molar-refractivity contribution in [2.45, 2.75) is 11.6 Å². The number of ether oxygens (including phenoxy) is 1. The van der Waals surface area contributed by atoms with Crippen molar-refractivity contribution in [3.63, 3.8) is 0 Å². The number of hydrogen-bond acceptors (Lipinski definition) is 7. The highest BCUT2D eigenvalue weighted by atomic mass is 32.2. The summed E-state index contributed by atoms with van der Waals surface area (Å²) in [6.45, 7) is 0. The molecule has 0 saturated carbocycles. The normalized spacial score (nSPS) is 10.6. The number of nitrogens with zero attached hydrogens (tertiary/aromatic N) is 4. The first-order valence-electron chi connectivity index (χ1n) is 8.20. The van der Waals surface area contributed by atoms with Crippen LogP contribution in [0.4, 0.5) is 0 Å². The molecule has 0 amide bonds. The van der Waals surface area contributed by atoms with E-state index in [1.165, 1.54) is 18.9 Å². The Morgan fingerprint density at radius 1 is 1.15 bits per heavy atom. The van der Waals surface area contributed by atoms with Gasteiger partial charge in [-0.2, -0.15) is 0 Å². The monoisotopic (exact) mass is 382 g/mol. The van der Waals surface area contributed by atoms with E-state index in [4.69, 9.17) is 4.74 Å². The van der Waals surface area contributed by atoms with Gasteiger partial charge in [0.05, 0.1) is 18.4 Å². The fourth-order valence-corrected chi connectivity index (χ4v) is 3.35. The summed E-state index contributed by atoms with van der Waals surface area (Å²) in [7, 11) is 3.17. The second-order valence-corrected chi connectivity index (χ2v) is 6.70. The fraction of sp³-hybridized carbons (Fsp3) is 0.211. The topological polar surface area (TPSA) is 87.0 Å². The lowest BCUT2D eigenvalue weighted by atomic mass is 10.0. The van der Waals surface area contributed by atoms with Crippen molar-refractivity contribution in [2.75, 3.05) is 12.9 Å². The van der Waals surface area contributed by atoms with Crippen molar-refractivity contribution >= 4 is 23.5 Å². The Balaban J connectivity index is 1.66. The zero-order chi connectivity index (χ0) is 19.2. The highest BCUT2D eigenvalue weighted by molar-refractivity contribution is 7.99. The molecule has 27 heavy (non-hydrogen) atoms. The van der Waals surface area contributed by atoms with Crippen molar-refractivity contribution in [1.82, 2.24) is 19.7 Å². The van der Waals surface area contributed by atoms with Gasteiger partial charge in [-0.1, -0.05) is 30.0 Å². The molecule has 2 heterocycles. The van der Waals surface area contributed by atoms with Gasteiger partial charge in [0.2, 0.25) is 0 Å². The molecule has 3 aromatic rings. The number of carbonyl (C=O) groups excluding carboxylic acids is 2. The molecule has 0 fully saturated rings. The lowest BCUT2D eigenvalue weighted by Gasteiger charge is -2.07. The summed E-state index contributed by atoms with van der Waals surface area (Å²) in [5.41, 5.74) is 1.93. The summed E-state index contributed by atoms with van der Waals surface area (Å²) >= 11 is 1.31. The number of carbonyl (C=O) groups is 2. The van der Waals surface area contributed by atoms with Gasteiger partial charge in [0, 0.05) is 31.4 Å². The van der Waals surface area contributed by atoms with Crippen LogP contribution in [0.15, 0.2) is 53.9 Å². The van der Waals surface area contributed by atoms with Crippen molar-refractivity contribution in [2.24, 2.45) is 7.05 Å². The number of aromatic nitrogens is 4. The van der Waals surface area contributed by atoms with Gasteiger partial charge < -0.3 is 9.30 Å². The lowest BCUT2D eigenvalue weighted by molar-refractivity contribution is -0.116. The van der Waals surface area contributed by atoms with E-state index in [0.717, 1.165) is 5.56 Å². The molecule has 0 spiro atoms. The molecule has 0 radical (unpaired) electrons. The molecule has 0 aliphatic carbocycles. The van der Waals surface area contributed by atoms with Gasteiger partial charge in [0.25, 0.3) is 0 Å². The molecule has 3 rings (SSSR count). The number of pyridine rings is 1. The minimum absolute atomic E-state index is 0.0118. The summed E-state index contributed by atoms with van der Waals surface area (Å²) in [5, 5.41) is 8.97. The molecule has 0 saturated heterocycles. The smallest absolute Gasteiger partial charge is 0.338 e. The first kappa shape index (κ1) is 18.8. The van der Waals surface area contributed by atoms with Crippen molar-refractivity contribution in [1.29, 1.82) is 0 Å². The van der Waals surface area contributed by atoms with Gasteiger partial charge in [0.15, 0.2) is 11.0 Å². The summed E-state index contributed by atoms with van der Waals surface area (Å²) in [5.74, 6) is 0.464. The molecule has 0 aliphatic heterocycles. The molecular formula is C19H18N4O3S. The predicted octanol–water partition coefficient (Wildman–Crippen LogP) is 2.57. The third-order valence-electron chi connectivity index (χ3n) is 3.93. The van der Waals surface area contributed by atoms with Crippen LogP contribution in [0.2, 0.25) is 0 Å². The first-order valence-corrected chi connectivity index (χ1v) is 9.19. The Kier molecular flexibility index (Phi) is 5.97. The number of hydrogen-bond donors (Lipinski definition) is 0. The molecule has 0 atom stereocenters. The Hall–Kier alpha value is -3.00. The van der Waals surface area contributed by atoms with Gasteiger partial charge in [-0.25, -0.2) is 4.79 Å². The summed E-state index contributed by atoms with van der Waals surface area (Å²) in [4.78, 5) is 28.3. The lowest BCUT2D eigenvalue weighted by Crippen LogP contribution is -2.12. The molecule has 1 aromatic carbocycles. The largest absolute Gasteiger partial charge is 0.465 e. The second kappa shape index (κ2) is 8.59. The predicted molar refractivity (Wildman–Crippen MR) is 101 cm³/mol. The van der Waals surface area contributed by atoms with E-state index in [1.807, 2.05) is 23.7 Å². The second-order valence-electron chi connectivity index (χ2n) is 5.76. The molecule has 138 valence electrons. The van der Waals surface area contributed by atoms with Crippen molar-refractivity contribution in [3.8, 4) is 11.4 Å². The molecule has 0 aliphatic rings. The van der Waals surface area contributed by atoms with E-state index in [-0.39, 0.29) is 18.0 Å². The van der Waals surface area contributed by atoms with Crippen LogP contribution >= 0.6 is 11.8 Å². The summed E-state index contributed by atoms with van der Waals surface area (Å²) in [6, 6.07) is 10.7. The highest BCUT2D eigenvalue weighted by Gasteiger charge is 2.16. The zero-order valence-corrected chi connectivity index (χ0v) is 15.8. The van der Waals surface area contributed by atoms with Gasteiger partial charge in [-0.3, -0.25) is 9.78 Å². The van der Waals surface area contributed by atoms with E-state index in [1.54, 1.807) is 36.7 Å². The maximum atomic E-state index is 12.4. The van der Waals surface area contributed by atoms with Gasteiger partial charge in [0.1, 0.15) is 5.78 Å². The van der Waals surface area contributed by atoms with Gasteiger partial charge in [-0.05, 0) is 23.8 Å². The Labute approximate surface area is 160 Å². The van der Waals surface area contributed by atoms with Crippen LogP contribution in [0.5, 0.6) is 0 Å². The third-order valence-corrected chi connectivity index (χ3v) is 5.01. The molecule has 0 unspecified atom stereocenters. The number of thioether (sulfide) groups is 1. The average molecular weight is 382 g/mol. The van der Waals surface area contributed by atoms with Crippen LogP contribution in [0, 0.1) is 0 Å².